The van der Waals surface area contributed by atoms with E-state index in [2.05, 4.69) is 15.3 Å². The summed E-state index contributed by atoms with van der Waals surface area (Å²) in [5, 5.41) is 3.32. The molecule has 1 aliphatic rings. The molecule has 38 heavy (non-hydrogen) atoms. The highest BCUT2D eigenvalue weighted by molar-refractivity contribution is 5.89. The summed E-state index contributed by atoms with van der Waals surface area (Å²) < 4.78 is 46.0. The zero-order chi connectivity index (χ0) is 27.8. The average Bonchev–Trinajstić information content (AvgIpc) is 3.24. The normalized spacial score (nSPS) is 17.1. The van der Waals surface area contributed by atoms with E-state index >= 15 is 0 Å². The molecule has 2 heterocycles. The Hall–Kier alpha value is -3.62. The number of carbonyl (C=O) groups is 1. The number of amides is 1. The molecule has 1 aromatic heterocycles. The molecule has 3 aromatic rings. The molecule has 1 saturated heterocycles. The summed E-state index contributed by atoms with van der Waals surface area (Å²) >= 11 is 0. The summed E-state index contributed by atoms with van der Waals surface area (Å²) in [7, 11) is 0. The fourth-order valence-electron chi connectivity index (χ4n) is 4.59. The van der Waals surface area contributed by atoms with Crippen LogP contribution in [0.3, 0.4) is 0 Å². The molecule has 1 aliphatic heterocycles. The Kier molecular flexibility index (Phi) is 7.41. The zero-order valence-electron chi connectivity index (χ0n) is 22.4. The number of halogens is 3. The van der Waals surface area contributed by atoms with Crippen molar-refractivity contribution in [2.75, 3.05) is 16.8 Å². The number of carbonyl (C=O) groups excluding carboxylic acids is 1. The number of hydrogen-bond donors (Lipinski definition) is 1. The summed E-state index contributed by atoms with van der Waals surface area (Å²) in [6.07, 6.45) is -1.70. The predicted octanol–water partition coefficient (Wildman–Crippen LogP) is 7.61. The molecule has 4 rings (SSSR count). The molecule has 2 aromatic carbocycles. The minimum atomic E-state index is -4.41. The van der Waals surface area contributed by atoms with Gasteiger partial charge in [-0.25, -0.2) is 9.78 Å². The Balaban J connectivity index is 1.53. The van der Waals surface area contributed by atoms with E-state index in [1.807, 2.05) is 45.0 Å². The molecule has 0 spiro atoms. The van der Waals surface area contributed by atoms with Crippen molar-refractivity contribution in [1.82, 2.24) is 9.97 Å². The molecule has 0 aliphatic carbocycles. The van der Waals surface area contributed by atoms with E-state index in [9.17, 15) is 18.0 Å². The van der Waals surface area contributed by atoms with Crippen molar-refractivity contribution in [2.45, 2.75) is 65.2 Å². The van der Waals surface area contributed by atoms with Crippen LogP contribution in [0.25, 0.3) is 11.1 Å². The summed E-state index contributed by atoms with van der Waals surface area (Å²) in [6, 6.07) is 11.7. The Morgan fingerprint density at radius 1 is 0.974 bits per heavy atom. The molecule has 9 heteroatoms. The molecule has 1 amide bonds. The van der Waals surface area contributed by atoms with Crippen molar-refractivity contribution in [2.24, 2.45) is 5.92 Å². The quantitative estimate of drug-likeness (QED) is 0.358. The molecule has 1 fully saturated rings. The largest absolute Gasteiger partial charge is 0.447 e. The maximum Gasteiger partial charge on any atom is 0.416 e. The van der Waals surface area contributed by atoms with Gasteiger partial charge in [0.2, 0.25) is 0 Å². The van der Waals surface area contributed by atoms with E-state index in [0.717, 1.165) is 16.7 Å². The van der Waals surface area contributed by atoms with E-state index in [-0.39, 0.29) is 23.6 Å². The van der Waals surface area contributed by atoms with Gasteiger partial charge in [-0.1, -0.05) is 71.0 Å². The van der Waals surface area contributed by atoms with Crippen LogP contribution < -0.4 is 10.2 Å². The first kappa shape index (κ1) is 27.4. The number of benzene rings is 2. The maximum atomic E-state index is 13.6. The number of rotatable bonds is 6. The smallest absolute Gasteiger partial charge is 0.416 e. The minimum Gasteiger partial charge on any atom is -0.447 e. The monoisotopic (exact) mass is 526 g/mol. The lowest BCUT2D eigenvalue weighted by atomic mass is 9.82. The number of hydrogen-bond acceptors (Lipinski definition) is 5. The Morgan fingerprint density at radius 3 is 2.24 bits per heavy atom. The van der Waals surface area contributed by atoms with Crippen molar-refractivity contribution in [3.05, 3.63) is 71.5 Å². The number of alkyl halides is 3. The van der Waals surface area contributed by atoms with E-state index in [0.29, 0.717) is 18.2 Å². The number of aromatic nitrogens is 2. The highest BCUT2D eigenvalue weighted by Gasteiger charge is 2.38. The van der Waals surface area contributed by atoms with Gasteiger partial charge < -0.3 is 10.1 Å². The maximum absolute atomic E-state index is 13.6. The van der Waals surface area contributed by atoms with E-state index in [1.54, 1.807) is 39.2 Å². The summed E-state index contributed by atoms with van der Waals surface area (Å²) in [5.41, 5.74) is 1.52. The highest BCUT2D eigenvalue weighted by atomic mass is 19.4. The van der Waals surface area contributed by atoms with Crippen LogP contribution in [-0.2, 0) is 16.3 Å². The van der Waals surface area contributed by atoms with Crippen LogP contribution in [0.5, 0.6) is 0 Å². The fourth-order valence-corrected chi connectivity index (χ4v) is 4.59. The van der Waals surface area contributed by atoms with Crippen LogP contribution in [0.1, 0.15) is 64.3 Å². The molecular formula is C29H33F3N4O2. The number of ether oxygens (including phenoxy) is 1. The SMILES string of the molecule is CC(C)[C@H]1COC(=O)N1c1cncc(N[C@@H](C)c2ccc(-c3ccc(C(F)(F)F)c(C(C)(C)C)c3)cc2)n1. The molecule has 2 atom stereocenters. The molecular weight excluding hydrogens is 493 g/mol. The van der Waals surface area contributed by atoms with Gasteiger partial charge in [0.1, 0.15) is 12.4 Å². The van der Waals surface area contributed by atoms with E-state index in [1.165, 1.54) is 17.0 Å². The Labute approximate surface area is 221 Å². The van der Waals surface area contributed by atoms with E-state index < -0.39 is 23.2 Å². The standard InChI is InChI=1S/C29H33F3N4O2/c1-17(2)24-16-38-27(37)36(24)26-15-33-14-25(35-26)34-18(3)19-7-9-20(10-8-19)21-11-12-22(29(30,31)32)23(13-21)28(4,5)6/h7-15,17-18,24H,16H2,1-6H3,(H,34,35)/t18-,24+/m0/s1. The third kappa shape index (κ3) is 5.76. The Bertz CT molecular complexity index is 1300. The van der Waals surface area contributed by atoms with Crippen LogP contribution in [-0.4, -0.2) is 28.7 Å². The lowest BCUT2D eigenvalue weighted by Gasteiger charge is -2.25. The second kappa shape index (κ2) is 10.3. The van der Waals surface area contributed by atoms with E-state index in [4.69, 9.17) is 4.74 Å². The summed E-state index contributed by atoms with van der Waals surface area (Å²) in [4.78, 5) is 22.7. The van der Waals surface area contributed by atoms with Gasteiger partial charge in [0.05, 0.1) is 24.0 Å². The molecule has 202 valence electrons. The lowest BCUT2D eigenvalue weighted by molar-refractivity contribution is -0.138. The Morgan fingerprint density at radius 2 is 1.63 bits per heavy atom. The van der Waals surface area contributed by atoms with Gasteiger partial charge in [0.25, 0.3) is 0 Å². The first-order valence-electron chi connectivity index (χ1n) is 12.6. The van der Waals surface area contributed by atoms with Gasteiger partial charge in [-0.2, -0.15) is 13.2 Å². The molecule has 0 saturated carbocycles. The van der Waals surface area contributed by atoms with Crippen LogP contribution in [0.4, 0.5) is 29.6 Å². The highest BCUT2D eigenvalue weighted by Crippen LogP contribution is 2.39. The van der Waals surface area contributed by atoms with Crippen molar-refractivity contribution in [1.29, 1.82) is 0 Å². The van der Waals surface area contributed by atoms with Gasteiger partial charge in [-0.15, -0.1) is 0 Å². The topological polar surface area (TPSA) is 67.3 Å². The van der Waals surface area contributed by atoms with Crippen LogP contribution in [0.15, 0.2) is 54.9 Å². The van der Waals surface area contributed by atoms with Crippen molar-refractivity contribution in [3.63, 3.8) is 0 Å². The molecule has 0 unspecified atom stereocenters. The van der Waals surface area contributed by atoms with Gasteiger partial charge in [0, 0.05) is 6.04 Å². The number of nitrogens with one attached hydrogen (secondary N) is 1. The van der Waals surface area contributed by atoms with Crippen LogP contribution >= 0.6 is 0 Å². The first-order chi connectivity index (χ1) is 17.8. The van der Waals surface area contributed by atoms with Crippen molar-refractivity contribution < 1.29 is 22.7 Å². The summed E-state index contributed by atoms with van der Waals surface area (Å²) in [6.45, 7) is 11.7. The van der Waals surface area contributed by atoms with Gasteiger partial charge in [-0.05, 0) is 46.6 Å². The number of anilines is 2. The molecule has 0 bridgehead atoms. The molecule has 1 N–H and O–H groups in total. The predicted molar refractivity (Wildman–Crippen MR) is 142 cm³/mol. The van der Waals surface area contributed by atoms with Crippen LogP contribution in [0, 0.1) is 5.92 Å². The fraction of sp³-hybridized carbons (Fsp3) is 0.414. The minimum absolute atomic E-state index is 0.110. The second-order valence-corrected chi connectivity index (χ2v) is 11.0. The molecule has 6 nitrogen and oxygen atoms in total. The first-order valence-corrected chi connectivity index (χ1v) is 12.6. The number of nitrogens with zero attached hydrogens (tertiary/aromatic N) is 3. The third-order valence-electron chi connectivity index (χ3n) is 6.79. The number of cyclic esters (lactones) is 1. The van der Waals surface area contributed by atoms with Gasteiger partial charge >= 0.3 is 12.3 Å². The van der Waals surface area contributed by atoms with Gasteiger partial charge in [-0.3, -0.25) is 9.88 Å². The summed E-state index contributed by atoms with van der Waals surface area (Å²) in [5.74, 6) is 1.14. The third-order valence-corrected chi connectivity index (χ3v) is 6.79. The van der Waals surface area contributed by atoms with Crippen molar-refractivity contribution in [3.8, 4) is 11.1 Å². The zero-order valence-corrected chi connectivity index (χ0v) is 22.4. The molecule has 0 radical (unpaired) electrons. The lowest BCUT2D eigenvalue weighted by Crippen LogP contribution is -2.37. The average molecular weight is 527 g/mol. The van der Waals surface area contributed by atoms with Crippen molar-refractivity contribution >= 4 is 17.7 Å². The second-order valence-electron chi connectivity index (χ2n) is 11.0. The van der Waals surface area contributed by atoms with Gasteiger partial charge in [0.15, 0.2) is 5.82 Å². The van der Waals surface area contributed by atoms with Crippen LogP contribution in [0.2, 0.25) is 0 Å².